The number of hydrogen-bond acceptors (Lipinski definition) is 4. The predicted molar refractivity (Wildman–Crippen MR) is 84.7 cm³/mol. The molecule has 0 bridgehead atoms. The van der Waals surface area contributed by atoms with Crippen molar-refractivity contribution in [2.75, 3.05) is 26.7 Å². The summed E-state index contributed by atoms with van der Waals surface area (Å²) in [4.78, 5) is 25.9. The van der Waals surface area contributed by atoms with Gasteiger partial charge < -0.3 is 15.4 Å². The minimum Gasteiger partial charge on any atom is -0.468 e. The molecular weight excluding hydrogens is 268 g/mol. The van der Waals surface area contributed by atoms with Gasteiger partial charge in [0.05, 0.1) is 13.0 Å². The second kappa shape index (κ2) is 10.6. The topological polar surface area (TPSA) is 72.6 Å². The Hall–Kier alpha value is -1.10. The Bertz CT molecular complexity index is 315. The van der Waals surface area contributed by atoms with Gasteiger partial charge in [-0.3, -0.25) is 9.59 Å². The number of amides is 1. The molecule has 0 saturated carbocycles. The summed E-state index contributed by atoms with van der Waals surface area (Å²) in [5.74, 6) is 0.175. The third-order valence-electron chi connectivity index (χ3n) is 3.88. The van der Waals surface area contributed by atoms with Crippen molar-refractivity contribution in [1.29, 1.82) is 0 Å². The van der Waals surface area contributed by atoms with Gasteiger partial charge in [0.15, 0.2) is 0 Å². The summed E-state index contributed by atoms with van der Waals surface area (Å²) in [6, 6.07) is 0. The number of nitrogens with two attached hydrogens (primary N) is 1. The van der Waals surface area contributed by atoms with Gasteiger partial charge in [-0.05, 0) is 18.3 Å². The smallest absolute Gasteiger partial charge is 0.325 e. The van der Waals surface area contributed by atoms with Crippen molar-refractivity contribution >= 4 is 11.9 Å². The largest absolute Gasteiger partial charge is 0.468 e. The molecule has 2 N–H and O–H groups in total. The van der Waals surface area contributed by atoms with E-state index in [0.29, 0.717) is 24.9 Å². The van der Waals surface area contributed by atoms with Gasteiger partial charge in [-0.15, -0.1) is 0 Å². The highest BCUT2D eigenvalue weighted by molar-refractivity contribution is 5.83. The van der Waals surface area contributed by atoms with Gasteiger partial charge in [0.1, 0.15) is 6.54 Å². The molecule has 21 heavy (non-hydrogen) atoms. The van der Waals surface area contributed by atoms with Crippen LogP contribution in [0.2, 0.25) is 0 Å². The fraction of sp³-hybridized carbons (Fsp3) is 0.875. The lowest BCUT2D eigenvalue weighted by Gasteiger charge is -2.29. The van der Waals surface area contributed by atoms with Gasteiger partial charge in [0, 0.05) is 13.1 Å². The molecule has 0 spiro atoms. The van der Waals surface area contributed by atoms with Crippen LogP contribution in [-0.2, 0) is 14.3 Å². The quantitative estimate of drug-likeness (QED) is 0.627. The monoisotopic (exact) mass is 300 g/mol. The Morgan fingerprint density at radius 1 is 1.19 bits per heavy atom. The molecule has 0 aliphatic heterocycles. The number of carbonyl (C=O) groups excluding carboxylic acids is 2. The van der Waals surface area contributed by atoms with E-state index < -0.39 is 0 Å². The Morgan fingerprint density at radius 2 is 1.76 bits per heavy atom. The highest BCUT2D eigenvalue weighted by atomic mass is 16.5. The van der Waals surface area contributed by atoms with Gasteiger partial charge in [0.2, 0.25) is 5.91 Å². The fourth-order valence-corrected chi connectivity index (χ4v) is 2.44. The average Bonchev–Trinajstić information content (AvgIpc) is 2.47. The van der Waals surface area contributed by atoms with Crippen molar-refractivity contribution in [2.24, 2.45) is 23.5 Å². The van der Waals surface area contributed by atoms with E-state index in [2.05, 4.69) is 27.7 Å². The lowest BCUT2D eigenvalue weighted by atomic mass is 9.95. The molecular formula is C16H32N2O3. The molecule has 0 fully saturated rings. The van der Waals surface area contributed by atoms with Crippen LogP contribution in [0.1, 0.15) is 47.0 Å². The minimum atomic E-state index is -0.380. The second-order valence-corrected chi connectivity index (χ2v) is 6.04. The standard InChI is InChI=1S/C16H32N2O3/c1-6-13(7-2)10-18(11-15(19)21-5)16(20)14(9-17)8-12(3)4/h12-14H,6-11,17H2,1-5H3. The highest BCUT2D eigenvalue weighted by Gasteiger charge is 2.27. The number of rotatable bonds is 10. The first-order chi connectivity index (χ1) is 9.89. The molecule has 1 amide bonds. The number of hydrogen-bond donors (Lipinski definition) is 1. The van der Waals surface area contributed by atoms with Gasteiger partial charge in [0.25, 0.3) is 0 Å². The van der Waals surface area contributed by atoms with Crippen molar-refractivity contribution in [2.45, 2.75) is 47.0 Å². The van der Waals surface area contributed by atoms with Crippen LogP contribution in [0, 0.1) is 17.8 Å². The predicted octanol–water partition coefficient (Wildman–Crippen LogP) is 2.05. The summed E-state index contributed by atoms with van der Waals surface area (Å²) in [6.45, 7) is 9.27. The maximum atomic E-state index is 12.7. The summed E-state index contributed by atoms with van der Waals surface area (Å²) in [6.07, 6.45) is 2.72. The number of ether oxygens (including phenoxy) is 1. The van der Waals surface area contributed by atoms with E-state index in [1.165, 1.54) is 7.11 Å². The zero-order valence-electron chi connectivity index (χ0n) is 14.2. The van der Waals surface area contributed by atoms with Crippen LogP contribution < -0.4 is 5.73 Å². The fourth-order valence-electron chi connectivity index (χ4n) is 2.44. The lowest BCUT2D eigenvalue weighted by molar-refractivity contribution is -0.149. The lowest BCUT2D eigenvalue weighted by Crippen LogP contribution is -2.44. The zero-order chi connectivity index (χ0) is 16.4. The molecule has 0 heterocycles. The van der Waals surface area contributed by atoms with Gasteiger partial charge in [-0.1, -0.05) is 40.5 Å². The zero-order valence-corrected chi connectivity index (χ0v) is 14.2. The van der Waals surface area contributed by atoms with Crippen LogP contribution in [0.3, 0.4) is 0 Å². The molecule has 0 aromatic heterocycles. The summed E-state index contributed by atoms with van der Waals surface area (Å²) < 4.78 is 4.71. The van der Waals surface area contributed by atoms with Crippen LogP contribution >= 0.6 is 0 Å². The molecule has 5 nitrogen and oxygen atoms in total. The van der Waals surface area contributed by atoms with Crippen molar-refractivity contribution in [3.8, 4) is 0 Å². The van der Waals surface area contributed by atoms with Gasteiger partial charge >= 0.3 is 5.97 Å². The third kappa shape index (κ3) is 7.46. The number of methoxy groups -OCH3 is 1. The van der Waals surface area contributed by atoms with Gasteiger partial charge in [-0.2, -0.15) is 0 Å². The first kappa shape index (κ1) is 19.9. The molecule has 5 heteroatoms. The summed E-state index contributed by atoms with van der Waals surface area (Å²) in [5.41, 5.74) is 5.76. The molecule has 0 aliphatic rings. The SMILES string of the molecule is CCC(CC)CN(CC(=O)OC)C(=O)C(CN)CC(C)C. The Labute approximate surface area is 129 Å². The molecule has 0 aromatic carbocycles. The Morgan fingerprint density at radius 3 is 2.14 bits per heavy atom. The van der Waals surface area contributed by atoms with Gasteiger partial charge in [-0.25, -0.2) is 0 Å². The van der Waals surface area contributed by atoms with E-state index in [1.54, 1.807) is 4.90 Å². The molecule has 1 unspecified atom stereocenters. The van der Waals surface area contributed by atoms with Crippen molar-refractivity contribution in [3.63, 3.8) is 0 Å². The molecule has 0 saturated heterocycles. The second-order valence-electron chi connectivity index (χ2n) is 6.04. The van der Waals surface area contributed by atoms with Crippen molar-refractivity contribution in [1.82, 2.24) is 4.90 Å². The van der Waals surface area contributed by atoms with E-state index in [0.717, 1.165) is 19.3 Å². The summed E-state index contributed by atoms with van der Waals surface area (Å²) in [5, 5.41) is 0. The van der Waals surface area contributed by atoms with E-state index in [-0.39, 0.29) is 24.3 Å². The molecule has 0 aliphatic carbocycles. The molecule has 124 valence electrons. The molecule has 1 atom stereocenters. The third-order valence-corrected chi connectivity index (χ3v) is 3.88. The van der Waals surface area contributed by atoms with E-state index in [4.69, 9.17) is 10.5 Å². The Kier molecular flexibility index (Phi) is 10.0. The van der Waals surface area contributed by atoms with Crippen LogP contribution in [0.5, 0.6) is 0 Å². The van der Waals surface area contributed by atoms with Crippen LogP contribution in [0.4, 0.5) is 0 Å². The van der Waals surface area contributed by atoms with E-state index >= 15 is 0 Å². The summed E-state index contributed by atoms with van der Waals surface area (Å²) >= 11 is 0. The maximum Gasteiger partial charge on any atom is 0.325 e. The highest BCUT2D eigenvalue weighted by Crippen LogP contribution is 2.17. The van der Waals surface area contributed by atoms with E-state index in [9.17, 15) is 9.59 Å². The maximum absolute atomic E-state index is 12.7. The number of carbonyl (C=O) groups is 2. The average molecular weight is 300 g/mol. The van der Waals surface area contributed by atoms with Crippen LogP contribution in [-0.4, -0.2) is 43.5 Å². The summed E-state index contributed by atoms with van der Waals surface area (Å²) in [7, 11) is 1.34. The first-order valence-electron chi connectivity index (χ1n) is 7.95. The number of esters is 1. The molecule has 0 aromatic rings. The van der Waals surface area contributed by atoms with Crippen LogP contribution in [0.15, 0.2) is 0 Å². The molecule has 0 radical (unpaired) electrons. The first-order valence-corrected chi connectivity index (χ1v) is 7.95. The Balaban J connectivity index is 4.97. The van der Waals surface area contributed by atoms with E-state index in [1.807, 2.05) is 0 Å². The van der Waals surface area contributed by atoms with Crippen molar-refractivity contribution in [3.05, 3.63) is 0 Å². The van der Waals surface area contributed by atoms with Crippen LogP contribution in [0.25, 0.3) is 0 Å². The minimum absolute atomic E-state index is 0.0143. The number of nitrogens with zero attached hydrogens (tertiary/aromatic N) is 1. The normalized spacial score (nSPS) is 12.6. The van der Waals surface area contributed by atoms with Crippen molar-refractivity contribution < 1.29 is 14.3 Å². The molecule has 0 rings (SSSR count).